The van der Waals surface area contributed by atoms with E-state index >= 15 is 0 Å². The van der Waals surface area contributed by atoms with E-state index in [1.165, 1.54) is 0 Å². The lowest BCUT2D eigenvalue weighted by Gasteiger charge is -2.18. The van der Waals surface area contributed by atoms with Gasteiger partial charge in [-0.25, -0.2) is 4.98 Å². The number of rotatable bonds is 6. The number of fused-ring (bicyclic) bond motifs is 1. The van der Waals surface area contributed by atoms with Crippen LogP contribution in [0, 0.1) is 7.14 Å². The molecule has 0 fully saturated rings. The van der Waals surface area contributed by atoms with Gasteiger partial charge in [-0.05, 0) is 90.2 Å². The zero-order valence-electron chi connectivity index (χ0n) is 16.9. The average Bonchev–Trinajstić information content (AvgIpc) is 3.26. The Morgan fingerprint density at radius 1 is 1.27 bits per heavy atom. The topological polar surface area (TPSA) is 63.6 Å². The van der Waals surface area contributed by atoms with Crippen LogP contribution in [0.15, 0.2) is 29.6 Å². The van der Waals surface area contributed by atoms with Crippen molar-refractivity contribution in [2.75, 3.05) is 11.9 Å². The van der Waals surface area contributed by atoms with E-state index in [4.69, 9.17) is 14.5 Å². The average molecular weight is 648 g/mol. The molecule has 0 unspecified atom stereocenters. The number of halogens is 2. The monoisotopic (exact) mass is 648 g/mol. The van der Waals surface area contributed by atoms with Gasteiger partial charge in [0.15, 0.2) is 16.6 Å². The summed E-state index contributed by atoms with van der Waals surface area (Å²) in [6.45, 7) is 7.26. The highest BCUT2D eigenvalue weighted by molar-refractivity contribution is 14.1. The first kappa shape index (κ1) is 21.9. The van der Waals surface area contributed by atoms with Crippen molar-refractivity contribution < 1.29 is 14.6 Å². The van der Waals surface area contributed by atoms with Crippen LogP contribution in [0.2, 0.25) is 0 Å². The van der Waals surface area contributed by atoms with Crippen LogP contribution >= 0.6 is 56.5 Å². The summed E-state index contributed by atoms with van der Waals surface area (Å²) < 4.78 is 13.9. The molecule has 0 atom stereocenters. The SMILES string of the molecule is CCOc1cc(-c2csc(NCc3cc(I)cc(I)c3O)n2)cc2c1OC(C)(C)C2. The Labute approximate surface area is 207 Å². The normalized spacial score (nSPS) is 14.3. The summed E-state index contributed by atoms with van der Waals surface area (Å²) in [5, 5.41) is 16.5. The lowest BCUT2D eigenvalue weighted by molar-refractivity contribution is 0.132. The molecular weight excluding hydrogens is 626 g/mol. The number of phenolic OH excluding ortho intramolecular Hbond substituents is 1. The molecule has 2 N–H and O–H groups in total. The molecule has 30 heavy (non-hydrogen) atoms. The van der Waals surface area contributed by atoms with Gasteiger partial charge in [0.25, 0.3) is 0 Å². The maximum atomic E-state index is 10.3. The van der Waals surface area contributed by atoms with Crippen molar-refractivity contribution in [3.8, 4) is 28.5 Å². The minimum Gasteiger partial charge on any atom is -0.506 e. The first-order valence-electron chi connectivity index (χ1n) is 9.61. The van der Waals surface area contributed by atoms with Gasteiger partial charge in [-0.1, -0.05) is 0 Å². The van der Waals surface area contributed by atoms with E-state index in [0.717, 1.165) is 52.6 Å². The van der Waals surface area contributed by atoms with Crippen LogP contribution in [0.4, 0.5) is 5.13 Å². The second-order valence-electron chi connectivity index (χ2n) is 7.72. The molecular formula is C22H22I2N2O3S. The highest BCUT2D eigenvalue weighted by atomic mass is 127. The first-order valence-corrected chi connectivity index (χ1v) is 12.6. The fourth-order valence-corrected chi connectivity index (χ4v) is 6.18. The summed E-state index contributed by atoms with van der Waals surface area (Å²) >= 11 is 5.96. The van der Waals surface area contributed by atoms with Crippen molar-refractivity contribution >= 4 is 61.7 Å². The summed E-state index contributed by atoms with van der Waals surface area (Å²) in [5.74, 6) is 1.95. The molecule has 0 bridgehead atoms. The number of hydrogen-bond acceptors (Lipinski definition) is 6. The molecule has 1 aliphatic rings. The fraction of sp³-hybridized carbons (Fsp3) is 0.318. The zero-order chi connectivity index (χ0) is 21.5. The Balaban J connectivity index is 1.57. The molecule has 1 aliphatic heterocycles. The summed E-state index contributed by atoms with van der Waals surface area (Å²) in [6.07, 6.45) is 0.843. The van der Waals surface area contributed by atoms with Gasteiger partial charge in [-0.15, -0.1) is 11.3 Å². The molecule has 5 nitrogen and oxygen atoms in total. The minimum absolute atomic E-state index is 0.228. The summed E-state index contributed by atoms with van der Waals surface area (Å²) in [4.78, 5) is 4.76. The Hall–Kier alpha value is -1.27. The second-order valence-corrected chi connectivity index (χ2v) is 11.0. The molecule has 158 valence electrons. The molecule has 3 aromatic rings. The molecule has 0 aliphatic carbocycles. The number of thiazole rings is 1. The number of anilines is 1. The number of aromatic hydroxyl groups is 1. The Kier molecular flexibility index (Phi) is 6.36. The van der Waals surface area contributed by atoms with Crippen molar-refractivity contribution in [2.24, 2.45) is 0 Å². The molecule has 2 aromatic carbocycles. The second kappa shape index (κ2) is 8.70. The third kappa shape index (κ3) is 4.64. The molecule has 0 spiro atoms. The predicted octanol–water partition coefficient (Wildman–Crippen LogP) is 6.45. The maximum absolute atomic E-state index is 10.3. The summed E-state index contributed by atoms with van der Waals surface area (Å²) in [6, 6.07) is 8.10. The fourth-order valence-electron chi connectivity index (χ4n) is 3.50. The van der Waals surface area contributed by atoms with Gasteiger partial charge in [-0.2, -0.15) is 0 Å². The molecule has 0 radical (unpaired) electrons. The number of benzene rings is 2. The third-order valence-corrected chi connectivity index (χ3v) is 7.01. The van der Waals surface area contributed by atoms with Gasteiger partial charge in [0.1, 0.15) is 11.4 Å². The molecule has 1 aromatic heterocycles. The molecule has 0 amide bonds. The van der Waals surface area contributed by atoms with Crippen LogP contribution < -0.4 is 14.8 Å². The minimum atomic E-state index is -0.228. The summed E-state index contributed by atoms with van der Waals surface area (Å²) in [5.41, 5.74) is 3.71. The van der Waals surface area contributed by atoms with Crippen LogP contribution in [0.1, 0.15) is 31.9 Å². The molecule has 4 rings (SSSR count). The standard InChI is InChI=1S/C22H22I2N2O3S/c1-4-28-18-7-12(5-13-9-22(2,3)29-20(13)18)17-11-30-21(26-17)25-10-14-6-15(23)8-16(24)19(14)27/h5-8,11,27H,4,9-10H2,1-3H3,(H,25,26). The van der Waals surface area contributed by atoms with Gasteiger partial charge in [0, 0.05) is 38.6 Å². The van der Waals surface area contributed by atoms with E-state index in [0.29, 0.717) is 18.9 Å². The summed E-state index contributed by atoms with van der Waals surface area (Å²) in [7, 11) is 0. The Bertz CT molecular complexity index is 1100. The molecule has 0 saturated heterocycles. The van der Waals surface area contributed by atoms with Crippen LogP contribution in [-0.2, 0) is 13.0 Å². The Morgan fingerprint density at radius 3 is 2.83 bits per heavy atom. The van der Waals surface area contributed by atoms with E-state index in [9.17, 15) is 5.11 Å². The van der Waals surface area contributed by atoms with Crippen LogP contribution in [0.3, 0.4) is 0 Å². The zero-order valence-corrected chi connectivity index (χ0v) is 22.0. The largest absolute Gasteiger partial charge is 0.506 e. The van der Waals surface area contributed by atoms with E-state index in [2.05, 4.69) is 70.4 Å². The van der Waals surface area contributed by atoms with E-state index < -0.39 is 0 Å². The smallest absolute Gasteiger partial charge is 0.183 e. The van der Waals surface area contributed by atoms with Gasteiger partial charge in [0.05, 0.1) is 15.9 Å². The maximum Gasteiger partial charge on any atom is 0.183 e. The number of nitrogens with one attached hydrogen (secondary N) is 1. The number of hydrogen-bond donors (Lipinski definition) is 2. The van der Waals surface area contributed by atoms with E-state index in [1.807, 2.05) is 30.5 Å². The number of phenols is 1. The van der Waals surface area contributed by atoms with Crippen LogP contribution in [-0.4, -0.2) is 22.3 Å². The highest BCUT2D eigenvalue weighted by Crippen LogP contribution is 2.45. The van der Waals surface area contributed by atoms with E-state index in [1.54, 1.807) is 11.3 Å². The lowest BCUT2D eigenvalue weighted by Crippen LogP contribution is -2.24. The van der Waals surface area contributed by atoms with Crippen molar-refractivity contribution in [3.05, 3.63) is 47.9 Å². The van der Waals surface area contributed by atoms with Crippen LogP contribution in [0.5, 0.6) is 17.2 Å². The predicted molar refractivity (Wildman–Crippen MR) is 138 cm³/mol. The number of ether oxygens (including phenoxy) is 2. The van der Waals surface area contributed by atoms with E-state index in [-0.39, 0.29) is 5.60 Å². The van der Waals surface area contributed by atoms with Gasteiger partial charge in [0.2, 0.25) is 0 Å². The van der Waals surface area contributed by atoms with Crippen molar-refractivity contribution in [1.82, 2.24) is 4.98 Å². The van der Waals surface area contributed by atoms with Gasteiger partial charge < -0.3 is 19.9 Å². The van der Waals surface area contributed by atoms with Crippen LogP contribution in [0.25, 0.3) is 11.3 Å². The lowest BCUT2D eigenvalue weighted by atomic mass is 9.99. The third-order valence-electron chi connectivity index (χ3n) is 4.76. The highest BCUT2D eigenvalue weighted by Gasteiger charge is 2.33. The van der Waals surface area contributed by atoms with Crippen molar-refractivity contribution in [2.45, 2.75) is 39.3 Å². The number of aromatic nitrogens is 1. The molecule has 2 heterocycles. The van der Waals surface area contributed by atoms with Gasteiger partial charge >= 0.3 is 0 Å². The number of nitrogens with zero attached hydrogens (tertiary/aromatic N) is 1. The Morgan fingerprint density at radius 2 is 2.07 bits per heavy atom. The van der Waals surface area contributed by atoms with Crippen molar-refractivity contribution in [3.63, 3.8) is 0 Å². The molecule has 8 heteroatoms. The van der Waals surface area contributed by atoms with Gasteiger partial charge in [-0.3, -0.25) is 0 Å². The van der Waals surface area contributed by atoms with Crippen molar-refractivity contribution in [1.29, 1.82) is 0 Å². The quantitative estimate of drug-likeness (QED) is 0.301. The first-order chi connectivity index (χ1) is 14.3. The molecule has 0 saturated carbocycles.